The Bertz CT molecular complexity index is 433. The predicted molar refractivity (Wildman–Crippen MR) is 56.7 cm³/mol. The van der Waals surface area contributed by atoms with Gasteiger partial charge in [-0.1, -0.05) is 12.1 Å². The van der Waals surface area contributed by atoms with E-state index in [0.717, 1.165) is 23.2 Å². The summed E-state index contributed by atoms with van der Waals surface area (Å²) in [5.74, 6) is -0.234. The molecule has 1 heterocycles. The Labute approximate surface area is 87.1 Å². The van der Waals surface area contributed by atoms with Crippen LogP contribution in [0.5, 0.6) is 0 Å². The Morgan fingerprint density at radius 3 is 2.67 bits per heavy atom. The molecule has 3 nitrogen and oxygen atoms in total. The predicted octanol–water partition coefficient (Wildman–Crippen LogP) is 1.72. The van der Waals surface area contributed by atoms with E-state index in [4.69, 9.17) is 5.73 Å². The number of nitrogens with zero attached hydrogens (tertiary/aromatic N) is 1. The minimum absolute atomic E-state index is 0.234. The van der Waals surface area contributed by atoms with Gasteiger partial charge in [0.1, 0.15) is 5.82 Å². The molecule has 0 bridgehead atoms. The van der Waals surface area contributed by atoms with E-state index in [1.165, 1.54) is 12.1 Å². The number of nitrogens with two attached hydrogens (primary N) is 1. The summed E-state index contributed by atoms with van der Waals surface area (Å²) in [5.41, 5.74) is 8.41. The topological polar surface area (TPSA) is 54.7 Å². The van der Waals surface area contributed by atoms with E-state index >= 15 is 0 Å². The zero-order valence-electron chi connectivity index (χ0n) is 8.20. The lowest BCUT2D eigenvalue weighted by atomic mass is 10.1. The summed E-state index contributed by atoms with van der Waals surface area (Å²) in [4.78, 5) is 0. The molecule has 0 aliphatic carbocycles. The lowest BCUT2D eigenvalue weighted by Crippen LogP contribution is -2.03. The summed E-state index contributed by atoms with van der Waals surface area (Å²) >= 11 is 0. The third kappa shape index (κ3) is 2.05. The summed E-state index contributed by atoms with van der Waals surface area (Å²) in [7, 11) is 0. The smallest absolute Gasteiger partial charge is 0.123 e. The van der Waals surface area contributed by atoms with Crippen molar-refractivity contribution in [2.45, 2.75) is 6.42 Å². The van der Waals surface area contributed by atoms with Crippen molar-refractivity contribution < 1.29 is 4.39 Å². The molecule has 2 rings (SSSR count). The molecule has 78 valence electrons. The molecule has 4 heteroatoms. The molecule has 0 aliphatic heterocycles. The zero-order valence-corrected chi connectivity index (χ0v) is 8.20. The van der Waals surface area contributed by atoms with Gasteiger partial charge in [0.05, 0.1) is 6.20 Å². The summed E-state index contributed by atoms with van der Waals surface area (Å²) in [6, 6.07) is 6.35. The summed E-state index contributed by atoms with van der Waals surface area (Å²) in [6.07, 6.45) is 2.48. The molecule has 1 aromatic heterocycles. The van der Waals surface area contributed by atoms with Gasteiger partial charge in [0.25, 0.3) is 0 Å². The van der Waals surface area contributed by atoms with Crippen molar-refractivity contribution in [3.05, 3.63) is 42.0 Å². The van der Waals surface area contributed by atoms with Crippen LogP contribution in [0.4, 0.5) is 4.39 Å². The quantitative estimate of drug-likeness (QED) is 0.801. The Hall–Kier alpha value is -1.68. The lowest BCUT2D eigenvalue weighted by molar-refractivity contribution is 0.628. The van der Waals surface area contributed by atoms with Crippen LogP contribution in [-0.2, 0) is 6.42 Å². The Balaban J connectivity index is 2.36. The first-order valence-electron chi connectivity index (χ1n) is 4.79. The second kappa shape index (κ2) is 4.23. The van der Waals surface area contributed by atoms with Crippen LogP contribution < -0.4 is 5.73 Å². The molecule has 1 aromatic carbocycles. The average Bonchev–Trinajstić information content (AvgIpc) is 2.68. The molecule has 3 N–H and O–H groups in total. The van der Waals surface area contributed by atoms with Gasteiger partial charge in [-0.25, -0.2) is 4.39 Å². The monoisotopic (exact) mass is 205 g/mol. The highest BCUT2D eigenvalue weighted by atomic mass is 19.1. The molecule has 0 saturated carbocycles. The van der Waals surface area contributed by atoms with Crippen molar-refractivity contribution in [2.24, 2.45) is 5.73 Å². The lowest BCUT2D eigenvalue weighted by Gasteiger charge is -2.01. The third-order valence-electron chi connectivity index (χ3n) is 2.27. The molecule has 0 unspecified atom stereocenters. The number of aromatic nitrogens is 2. The Morgan fingerprint density at radius 2 is 2.00 bits per heavy atom. The van der Waals surface area contributed by atoms with Crippen molar-refractivity contribution in [3.8, 4) is 11.1 Å². The second-order valence-electron chi connectivity index (χ2n) is 3.31. The van der Waals surface area contributed by atoms with Gasteiger partial charge in [0.2, 0.25) is 0 Å². The van der Waals surface area contributed by atoms with Crippen molar-refractivity contribution in [3.63, 3.8) is 0 Å². The first-order valence-corrected chi connectivity index (χ1v) is 4.79. The van der Waals surface area contributed by atoms with Gasteiger partial charge in [-0.3, -0.25) is 5.10 Å². The van der Waals surface area contributed by atoms with Gasteiger partial charge in [-0.2, -0.15) is 5.10 Å². The molecular formula is C11H12FN3. The van der Waals surface area contributed by atoms with Gasteiger partial charge in [0, 0.05) is 17.7 Å². The van der Waals surface area contributed by atoms with Crippen LogP contribution in [0.3, 0.4) is 0 Å². The molecule has 0 amide bonds. The van der Waals surface area contributed by atoms with Gasteiger partial charge in [-0.15, -0.1) is 0 Å². The van der Waals surface area contributed by atoms with Crippen LogP contribution in [0, 0.1) is 5.82 Å². The average molecular weight is 205 g/mol. The number of nitrogens with one attached hydrogen (secondary N) is 1. The fourth-order valence-corrected chi connectivity index (χ4v) is 1.53. The molecular weight excluding hydrogens is 193 g/mol. The van der Waals surface area contributed by atoms with Crippen LogP contribution in [0.2, 0.25) is 0 Å². The first kappa shape index (κ1) is 9.86. The van der Waals surface area contributed by atoms with Gasteiger partial charge in [0.15, 0.2) is 0 Å². The number of halogens is 1. The summed E-state index contributed by atoms with van der Waals surface area (Å²) < 4.78 is 12.7. The molecule has 0 aliphatic rings. The molecule has 0 saturated heterocycles. The number of rotatable bonds is 3. The van der Waals surface area contributed by atoms with E-state index < -0.39 is 0 Å². The molecule has 0 atom stereocenters. The highest BCUT2D eigenvalue weighted by Crippen LogP contribution is 2.22. The highest BCUT2D eigenvalue weighted by molar-refractivity contribution is 5.65. The molecule has 2 aromatic rings. The highest BCUT2D eigenvalue weighted by Gasteiger charge is 2.06. The maximum Gasteiger partial charge on any atom is 0.123 e. The molecule has 0 radical (unpaired) electrons. The zero-order chi connectivity index (χ0) is 10.7. The number of hydrogen-bond acceptors (Lipinski definition) is 2. The van der Waals surface area contributed by atoms with Crippen molar-refractivity contribution in [1.82, 2.24) is 10.2 Å². The maximum absolute atomic E-state index is 12.7. The van der Waals surface area contributed by atoms with Crippen molar-refractivity contribution in [1.29, 1.82) is 0 Å². The fourth-order valence-electron chi connectivity index (χ4n) is 1.53. The van der Waals surface area contributed by atoms with Crippen molar-refractivity contribution >= 4 is 0 Å². The van der Waals surface area contributed by atoms with Crippen LogP contribution in [-0.4, -0.2) is 16.7 Å². The molecule has 0 spiro atoms. The minimum Gasteiger partial charge on any atom is -0.330 e. The Kier molecular flexibility index (Phi) is 2.78. The number of aromatic amines is 1. The van der Waals surface area contributed by atoms with Crippen LogP contribution in [0.1, 0.15) is 5.69 Å². The van der Waals surface area contributed by atoms with Gasteiger partial charge in [-0.05, 0) is 24.2 Å². The van der Waals surface area contributed by atoms with Crippen molar-refractivity contribution in [2.75, 3.05) is 6.54 Å². The Morgan fingerprint density at radius 1 is 1.27 bits per heavy atom. The maximum atomic E-state index is 12.7. The van der Waals surface area contributed by atoms with E-state index in [1.54, 1.807) is 18.3 Å². The number of benzene rings is 1. The minimum atomic E-state index is -0.234. The second-order valence-corrected chi connectivity index (χ2v) is 3.31. The van der Waals surface area contributed by atoms with E-state index in [0.29, 0.717) is 6.54 Å². The number of hydrogen-bond donors (Lipinski definition) is 2. The molecule has 15 heavy (non-hydrogen) atoms. The first-order chi connectivity index (χ1) is 7.31. The van der Waals surface area contributed by atoms with Gasteiger partial charge >= 0.3 is 0 Å². The van der Waals surface area contributed by atoms with E-state index in [1.807, 2.05) is 0 Å². The van der Waals surface area contributed by atoms with Gasteiger partial charge < -0.3 is 5.73 Å². The van der Waals surface area contributed by atoms with E-state index in [-0.39, 0.29) is 5.82 Å². The van der Waals surface area contributed by atoms with Crippen LogP contribution >= 0.6 is 0 Å². The van der Waals surface area contributed by atoms with Crippen LogP contribution in [0.15, 0.2) is 30.5 Å². The normalized spacial score (nSPS) is 10.5. The van der Waals surface area contributed by atoms with E-state index in [2.05, 4.69) is 10.2 Å². The molecule has 0 fully saturated rings. The third-order valence-corrected chi connectivity index (χ3v) is 2.27. The largest absolute Gasteiger partial charge is 0.330 e. The standard InChI is InChI=1S/C11H12FN3/c12-9-3-1-8(2-4-9)10-7-14-15-11(10)5-6-13/h1-4,7H,5-6,13H2,(H,14,15). The summed E-state index contributed by atoms with van der Waals surface area (Å²) in [6.45, 7) is 0.566. The number of H-pyrrole nitrogens is 1. The van der Waals surface area contributed by atoms with Crippen LogP contribution in [0.25, 0.3) is 11.1 Å². The summed E-state index contributed by atoms with van der Waals surface area (Å²) in [5, 5.41) is 6.86. The van der Waals surface area contributed by atoms with E-state index in [9.17, 15) is 4.39 Å². The fraction of sp³-hybridized carbons (Fsp3) is 0.182. The SMILES string of the molecule is NCCc1[nH]ncc1-c1ccc(F)cc1.